The summed E-state index contributed by atoms with van der Waals surface area (Å²) in [5.74, 6) is -1.18. The first-order chi connectivity index (χ1) is 3.18. The molecule has 0 rings (SSSR count). The van der Waals surface area contributed by atoms with Crippen LogP contribution in [0.3, 0.4) is 0 Å². The van der Waals surface area contributed by atoms with Gasteiger partial charge in [-0.2, -0.15) is 0 Å². The minimum Gasteiger partial charge on any atom is -0.649 e. The van der Waals surface area contributed by atoms with Gasteiger partial charge in [0.15, 0.2) is 5.78 Å². The van der Waals surface area contributed by atoms with E-state index in [-0.39, 0.29) is 29.6 Å². The van der Waals surface area contributed by atoms with E-state index in [4.69, 9.17) is 0 Å². The second kappa shape index (κ2) is 5.28. The van der Waals surface area contributed by atoms with E-state index in [9.17, 15) is 9.59 Å². The van der Waals surface area contributed by atoms with E-state index in [0.717, 1.165) is 0 Å². The predicted molar refractivity (Wildman–Crippen MR) is 25.0 cm³/mol. The number of likely N-dealkylation sites (N-methyl/N-ethyl adjacent to an activating group) is 1. The minimum absolute atomic E-state index is 0. The molecule has 8 heavy (non-hydrogen) atoms. The molecule has 0 fully saturated rings. The van der Waals surface area contributed by atoms with Crippen molar-refractivity contribution in [3.8, 4) is 0 Å². The molecule has 0 aromatic rings. The molecule has 0 atom stereocenters. The zero-order chi connectivity index (χ0) is 5.86. The number of rotatable bonds is 1. The Kier molecular flexibility index (Phi) is 7.26. The summed E-state index contributed by atoms with van der Waals surface area (Å²) in [4.78, 5) is 19.9. The molecule has 0 saturated carbocycles. The fourth-order valence-corrected chi connectivity index (χ4v) is 0.157. The van der Waals surface area contributed by atoms with Crippen molar-refractivity contribution < 1.29 is 39.1 Å². The van der Waals surface area contributed by atoms with E-state index in [1.165, 1.54) is 14.0 Å². The van der Waals surface area contributed by atoms with Gasteiger partial charge >= 0.3 is 29.6 Å². The summed E-state index contributed by atoms with van der Waals surface area (Å²) in [5, 5.41) is 3.10. The molecule has 4 heteroatoms. The normalized spacial score (nSPS) is 6.75. The zero-order valence-electron chi connectivity index (χ0n) is 5.26. The van der Waals surface area contributed by atoms with E-state index in [0.29, 0.717) is 0 Å². The van der Waals surface area contributed by atoms with E-state index in [1.807, 2.05) is 0 Å². The SMILES string of the molecule is C[N-]C(=O)C(C)=O.[Na+]. The van der Waals surface area contributed by atoms with Crippen LogP contribution in [-0.4, -0.2) is 18.7 Å². The van der Waals surface area contributed by atoms with Crippen molar-refractivity contribution in [1.82, 2.24) is 0 Å². The molecule has 0 aromatic carbocycles. The molecular formula is C4H6NNaO2. The molecule has 0 bridgehead atoms. The first-order valence-corrected chi connectivity index (χ1v) is 1.83. The van der Waals surface area contributed by atoms with Crippen LogP contribution in [0.2, 0.25) is 0 Å². The summed E-state index contributed by atoms with van der Waals surface area (Å²) in [6.45, 7) is 1.19. The molecule has 0 spiro atoms. The van der Waals surface area contributed by atoms with Crippen LogP contribution in [0, 0.1) is 0 Å². The zero-order valence-corrected chi connectivity index (χ0v) is 7.26. The summed E-state index contributed by atoms with van der Waals surface area (Å²) in [6.07, 6.45) is 0. The van der Waals surface area contributed by atoms with Crippen molar-refractivity contribution in [3.63, 3.8) is 0 Å². The van der Waals surface area contributed by atoms with E-state index >= 15 is 0 Å². The van der Waals surface area contributed by atoms with Crippen molar-refractivity contribution in [2.24, 2.45) is 0 Å². The molecule has 0 aliphatic carbocycles. The van der Waals surface area contributed by atoms with Crippen LogP contribution in [0.4, 0.5) is 0 Å². The van der Waals surface area contributed by atoms with Crippen LogP contribution in [0.1, 0.15) is 6.92 Å². The Morgan fingerprint density at radius 1 is 1.38 bits per heavy atom. The maximum Gasteiger partial charge on any atom is 1.00 e. The van der Waals surface area contributed by atoms with Crippen molar-refractivity contribution in [2.45, 2.75) is 6.92 Å². The summed E-state index contributed by atoms with van der Waals surface area (Å²) >= 11 is 0. The number of Topliss-reactive ketones (excluding diaryl/α,β-unsaturated/α-hetero) is 1. The van der Waals surface area contributed by atoms with Gasteiger partial charge in [0.2, 0.25) is 0 Å². The third kappa shape index (κ3) is 4.30. The molecule has 0 radical (unpaired) electrons. The number of amides is 1. The Labute approximate surface area is 70.1 Å². The van der Waals surface area contributed by atoms with Crippen LogP contribution in [0.5, 0.6) is 0 Å². The van der Waals surface area contributed by atoms with Gasteiger partial charge in [-0.15, -0.1) is 7.05 Å². The molecule has 0 heterocycles. The van der Waals surface area contributed by atoms with Gasteiger partial charge in [-0.1, -0.05) is 0 Å². The molecule has 1 amide bonds. The summed E-state index contributed by atoms with van der Waals surface area (Å²) in [5.41, 5.74) is 0. The topological polar surface area (TPSA) is 48.2 Å². The van der Waals surface area contributed by atoms with Crippen molar-refractivity contribution in [1.29, 1.82) is 0 Å². The van der Waals surface area contributed by atoms with E-state index < -0.39 is 11.7 Å². The van der Waals surface area contributed by atoms with Gasteiger partial charge < -0.3 is 10.1 Å². The maximum absolute atomic E-state index is 10.00. The molecular weight excluding hydrogens is 117 g/mol. The second-order valence-corrected chi connectivity index (χ2v) is 1.08. The largest absolute Gasteiger partial charge is 1.00 e. The Bertz CT molecular complexity index is 102. The Morgan fingerprint density at radius 2 is 1.75 bits per heavy atom. The van der Waals surface area contributed by atoms with Crippen LogP contribution in [0.25, 0.3) is 5.32 Å². The van der Waals surface area contributed by atoms with Crippen molar-refractivity contribution in [3.05, 3.63) is 5.32 Å². The first-order valence-electron chi connectivity index (χ1n) is 1.83. The number of hydrogen-bond acceptors (Lipinski definition) is 2. The molecule has 40 valence electrons. The van der Waals surface area contributed by atoms with Crippen LogP contribution >= 0.6 is 0 Å². The minimum atomic E-state index is -0.667. The van der Waals surface area contributed by atoms with Gasteiger partial charge in [0.1, 0.15) is 5.91 Å². The average molecular weight is 123 g/mol. The van der Waals surface area contributed by atoms with Gasteiger partial charge in [-0.05, 0) is 0 Å². The molecule has 0 aromatic heterocycles. The Hall–Kier alpha value is 0.140. The van der Waals surface area contributed by atoms with Crippen LogP contribution in [0.15, 0.2) is 0 Å². The maximum atomic E-state index is 10.00. The van der Waals surface area contributed by atoms with Crippen molar-refractivity contribution in [2.75, 3.05) is 7.05 Å². The smallest absolute Gasteiger partial charge is 0.649 e. The van der Waals surface area contributed by atoms with Gasteiger partial charge in [-0.3, -0.25) is 4.79 Å². The van der Waals surface area contributed by atoms with Gasteiger partial charge in [-0.25, -0.2) is 0 Å². The number of hydrogen-bond donors (Lipinski definition) is 0. The molecule has 3 nitrogen and oxygen atoms in total. The van der Waals surface area contributed by atoms with Gasteiger partial charge in [0, 0.05) is 6.92 Å². The summed E-state index contributed by atoms with van der Waals surface area (Å²) in [7, 11) is 1.30. The second-order valence-electron chi connectivity index (χ2n) is 1.08. The Morgan fingerprint density at radius 3 is 1.75 bits per heavy atom. The predicted octanol–water partition coefficient (Wildman–Crippen LogP) is -2.89. The van der Waals surface area contributed by atoms with Gasteiger partial charge in [0.05, 0.1) is 0 Å². The standard InChI is InChI=1S/C4H7NO2.Na/c1-3(6)4(7)5-2;/h1-2H3,(H,5,7);/q;+1/p-1. The fourth-order valence-electron chi connectivity index (χ4n) is 0.157. The monoisotopic (exact) mass is 123 g/mol. The fraction of sp³-hybridized carbons (Fsp3) is 0.500. The quantitative estimate of drug-likeness (QED) is 0.277. The number of nitrogens with zero attached hydrogens (tertiary/aromatic N) is 1. The molecule has 0 unspecified atom stereocenters. The molecule has 0 aliphatic heterocycles. The Balaban J connectivity index is 0. The number of carbonyl (C=O) groups excluding carboxylic acids is 2. The van der Waals surface area contributed by atoms with Crippen molar-refractivity contribution >= 4 is 11.7 Å². The first kappa shape index (κ1) is 11.0. The number of carbonyl (C=O) groups is 2. The number of ketones is 1. The summed E-state index contributed by atoms with van der Waals surface area (Å²) < 4.78 is 0. The van der Waals surface area contributed by atoms with Crippen LogP contribution in [-0.2, 0) is 9.59 Å². The third-order valence-electron chi connectivity index (χ3n) is 0.504. The third-order valence-corrected chi connectivity index (χ3v) is 0.504. The molecule has 0 saturated heterocycles. The molecule has 0 N–H and O–H groups in total. The van der Waals surface area contributed by atoms with Crippen LogP contribution < -0.4 is 29.6 Å². The van der Waals surface area contributed by atoms with Gasteiger partial charge in [0.25, 0.3) is 0 Å². The summed E-state index contributed by atoms with van der Waals surface area (Å²) in [6, 6.07) is 0. The molecule has 0 aliphatic rings. The average Bonchev–Trinajstić information content (AvgIpc) is 1.65. The van der Waals surface area contributed by atoms with E-state index in [2.05, 4.69) is 5.32 Å². The van der Waals surface area contributed by atoms with E-state index in [1.54, 1.807) is 0 Å².